The average molecular weight is 229 g/mol. The quantitative estimate of drug-likeness (QED) is 0.483. The number of hydrogen-bond donors (Lipinski definition) is 3. The summed E-state index contributed by atoms with van der Waals surface area (Å²) >= 11 is 1.47. The van der Waals surface area contributed by atoms with E-state index in [4.69, 9.17) is 10.9 Å². The zero-order chi connectivity index (χ0) is 10.7. The van der Waals surface area contributed by atoms with Gasteiger partial charge in [-0.3, -0.25) is 10.3 Å². The van der Waals surface area contributed by atoms with Gasteiger partial charge in [0.2, 0.25) is 5.13 Å². The summed E-state index contributed by atoms with van der Waals surface area (Å²) in [5, 5.41) is 18.5. The molecular formula is C8H15N5OS. The first-order valence-corrected chi connectivity index (χ1v) is 5.75. The van der Waals surface area contributed by atoms with E-state index < -0.39 is 0 Å². The number of aliphatic hydroxyl groups is 1. The van der Waals surface area contributed by atoms with Gasteiger partial charge in [-0.15, -0.1) is 10.2 Å². The highest BCUT2D eigenvalue weighted by atomic mass is 32.1. The third-order valence-corrected chi connectivity index (χ3v) is 3.42. The van der Waals surface area contributed by atoms with Crippen LogP contribution in [0.3, 0.4) is 0 Å². The molecule has 0 aromatic carbocycles. The number of aromatic nitrogens is 2. The highest BCUT2D eigenvalue weighted by molar-refractivity contribution is 7.15. The van der Waals surface area contributed by atoms with Gasteiger partial charge in [-0.1, -0.05) is 11.3 Å². The third-order valence-electron chi connectivity index (χ3n) is 2.58. The van der Waals surface area contributed by atoms with E-state index in [1.165, 1.54) is 11.3 Å². The Morgan fingerprint density at radius 2 is 2.47 bits per heavy atom. The molecule has 6 nitrogen and oxygen atoms in total. The second-order valence-electron chi connectivity index (χ2n) is 3.72. The standard InChI is InChI=1S/C8H15N5OS/c9-10-8-12-11-7(15-8)4-13-2-1-6(3-13)5-14/h6,14H,1-5,9H2,(H,10,12). The molecule has 4 N–H and O–H groups in total. The molecule has 1 unspecified atom stereocenters. The van der Waals surface area contributed by atoms with E-state index >= 15 is 0 Å². The van der Waals surface area contributed by atoms with Crippen LogP contribution in [0.5, 0.6) is 0 Å². The topological polar surface area (TPSA) is 87.3 Å². The summed E-state index contributed by atoms with van der Waals surface area (Å²) in [5.41, 5.74) is 2.48. The molecule has 0 bridgehead atoms. The molecule has 1 atom stereocenters. The predicted molar refractivity (Wildman–Crippen MR) is 58.2 cm³/mol. The molecule has 0 aliphatic carbocycles. The number of nitrogens with one attached hydrogen (secondary N) is 1. The molecule has 1 saturated heterocycles. The Hall–Kier alpha value is -0.760. The second kappa shape index (κ2) is 4.84. The van der Waals surface area contributed by atoms with E-state index in [0.29, 0.717) is 11.0 Å². The summed E-state index contributed by atoms with van der Waals surface area (Å²) in [4.78, 5) is 2.28. The first-order chi connectivity index (χ1) is 7.31. The van der Waals surface area contributed by atoms with Crippen LogP contribution >= 0.6 is 11.3 Å². The van der Waals surface area contributed by atoms with Crippen LogP contribution in [-0.2, 0) is 6.54 Å². The van der Waals surface area contributed by atoms with E-state index in [2.05, 4.69) is 20.5 Å². The van der Waals surface area contributed by atoms with Gasteiger partial charge in [0.25, 0.3) is 0 Å². The zero-order valence-electron chi connectivity index (χ0n) is 8.39. The minimum absolute atomic E-state index is 0.280. The van der Waals surface area contributed by atoms with Crippen LogP contribution in [0, 0.1) is 5.92 Å². The summed E-state index contributed by atoms with van der Waals surface area (Å²) in [6, 6.07) is 0. The Labute approximate surface area is 92.1 Å². The molecule has 1 aliphatic rings. The first-order valence-electron chi connectivity index (χ1n) is 4.94. The molecule has 0 amide bonds. The summed E-state index contributed by atoms with van der Waals surface area (Å²) in [7, 11) is 0. The molecule has 1 aromatic heterocycles. The molecule has 15 heavy (non-hydrogen) atoms. The van der Waals surface area contributed by atoms with E-state index in [0.717, 1.165) is 31.1 Å². The van der Waals surface area contributed by atoms with Crippen LogP contribution in [0.25, 0.3) is 0 Å². The van der Waals surface area contributed by atoms with Crippen molar-refractivity contribution in [3.63, 3.8) is 0 Å². The van der Waals surface area contributed by atoms with Crippen LogP contribution in [0.1, 0.15) is 11.4 Å². The lowest BCUT2D eigenvalue weighted by Crippen LogP contribution is -2.20. The van der Waals surface area contributed by atoms with Crippen molar-refractivity contribution in [2.45, 2.75) is 13.0 Å². The van der Waals surface area contributed by atoms with Crippen molar-refractivity contribution in [2.75, 3.05) is 25.1 Å². The van der Waals surface area contributed by atoms with E-state index in [1.54, 1.807) is 0 Å². The molecule has 0 radical (unpaired) electrons. The largest absolute Gasteiger partial charge is 0.396 e. The fourth-order valence-corrected chi connectivity index (χ4v) is 2.47. The van der Waals surface area contributed by atoms with Crippen molar-refractivity contribution in [1.82, 2.24) is 15.1 Å². The number of aliphatic hydroxyl groups excluding tert-OH is 1. The number of nitrogens with two attached hydrogens (primary N) is 1. The fraction of sp³-hybridized carbons (Fsp3) is 0.750. The molecule has 7 heteroatoms. The molecular weight excluding hydrogens is 214 g/mol. The Morgan fingerprint density at radius 3 is 3.07 bits per heavy atom. The van der Waals surface area contributed by atoms with E-state index in [9.17, 15) is 0 Å². The van der Waals surface area contributed by atoms with Gasteiger partial charge in [0.1, 0.15) is 5.01 Å². The molecule has 1 fully saturated rings. The maximum atomic E-state index is 9.01. The van der Waals surface area contributed by atoms with Gasteiger partial charge in [-0.2, -0.15) is 0 Å². The van der Waals surface area contributed by atoms with Gasteiger partial charge in [0.05, 0.1) is 6.54 Å². The molecule has 1 aliphatic heterocycles. The van der Waals surface area contributed by atoms with Crippen molar-refractivity contribution < 1.29 is 5.11 Å². The van der Waals surface area contributed by atoms with E-state index in [-0.39, 0.29) is 6.61 Å². The van der Waals surface area contributed by atoms with E-state index in [1.807, 2.05) is 0 Å². The maximum absolute atomic E-state index is 9.01. The van der Waals surface area contributed by atoms with Crippen LogP contribution in [0.4, 0.5) is 5.13 Å². The highest BCUT2D eigenvalue weighted by Gasteiger charge is 2.22. The molecule has 0 saturated carbocycles. The van der Waals surface area contributed by atoms with Gasteiger partial charge >= 0.3 is 0 Å². The SMILES string of the molecule is NNc1nnc(CN2CCC(CO)C2)s1. The minimum Gasteiger partial charge on any atom is -0.396 e. The predicted octanol–water partition coefficient (Wildman–Crippen LogP) is -0.362. The van der Waals surface area contributed by atoms with Gasteiger partial charge in [-0.25, -0.2) is 5.84 Å². The summed E-state index contributed by atoms with van der Waals surface area (Å²) in [6.07, 6.45) is 1.07. The van der Waals surface area contributed by atoms with Gasteiger partial charge < -0.3 is 5.11 Å². The van der Waals surface area contributed by atoms with Gasteiger partial charge in [-0.05, 0) is 18.9 Å². The number of rotatable bonds is 4. The summed E-state index contributed by atoms with van der Waals surface area (Å²) in [5.74, 6) is 5.65. The van der Waals surface area contributed by atoms with Crippen molar-refractivity contribution in [3.05, 3.63) is 5.01 Å². The average Bonchev–Trinajstić information content (AvgIpc) is 2.87. The Bertz CT molecular complexity index is 318. The number of likely N-dealkylation sites (tertiary alicyclic amines) is 1. The van der Waals surface area contributed by atoms with Gasteiger partial charge in [0, 0.05) is 13.2 Å². The molecule has 2 heterocycles. The van der Waals surface area contributed by atoms with Crippen molar-refractivity contribution in [1.29, 1.82) is 0 Å². The monoisotopic (exact) mass is 229 g/mol. The highest BCUT2D eigenvalue weighted by Crippen LogP contribution is 2.20. The maximum Gasteiger partial charge on any atom is 0.219 e. The number of anilines is 1. The third kappa shape index (κ3) is 2.63. The number of nitrogens with zero attached hydrogens (tertiary/aromatic N) is 3. The van der Waals surface area contributed by atoms with Crippen molar-refractivity contribution in [3.8, 4) is 0 Å². The van der Waals surface area contributed by atoms with Crippen molar-refractivity contribution >= 4 is 16.5 Å². The first kappa shape index (κ1) is 10.7. The lowest BCUT2D eigenvalue weighted by molar-refractivity contribution is 0.220. The lowest BCUT2D eigenvalue weighted by atomic mass is 10.1. The second-order valence-corrected chi connectivity index (χ2v) is 4.78. The molecule has 84 valence electrons. The lowest BCUT2D eigenvalue weighted by Gasteiger charge is -2.12. The smallest absolute Gasteiger partial charge is 0.219 e. The van der Waals surface area contributed by atoms with Crippen LogP contribution in [0.15, 0.2) is 0 Å². The van der Waals surface area contributed by atoms with Crippen LogP contribution < -0.4 is 11.3 Å². The van der Waals surface area contributed by atoms with Crippen LogP contribution in [-0.4, -0.2) is 39.9 Å². The van der Waals surface area contributed by atoms with Crippen molar-refractivity contribution in [2.24, 2.45) is 11.8 Å². The Balaban J connectivity index is 1.87. The fourth-order valence-electron chi connectivity index (χ4n) is 1.77. The number of nitrogen functional groups attached to an aromatic ring is 1. The number of hydrazine groups is 1. The zero-order valence-corrected chi connectivity index (χ0v) is 9.20. The number of hydrogen-bond acceptors (Lipinski definition) is 7. The van der Waals surface area contributed by atoms with Gasteiger partial charge in [0.15, 0.2) is 0 Å². The van der Waals surface area contributed by atoms with Crippen LogP contribution in [0.2, 0.25) is 0 Å². The molecule has 1 aromatic rings. The molecule has 2 rings (SSSR count). The molecule has 0 spiro atoms. The summed E-state index contributed by atoms with van der Waals surface area (Å²) in [6.45, 7) is 3.05. The normalized spacial score (nSPS) is 22.1. The Kier molecular flexibility index (Phi) is 3.47. The summed E-state index contributed by atoms with van der Waals surface area (Å²) < 4.78 is 0. The Morgan fingerprint density at radius 1 is 1.60 bits per heavy atom. The minimum atomic E-state index is 0.280.